The highest BCUT2D eigenvalue weighted by molar-refractivity contribution is 6.30. The fraction of sp³-hybridized carbons (Fsp3) is 0.192. The zero-order valence-corrected chi connectivity index (χ0v) is 19.5. The molecule has 2 heterocycles. The lowest BCUT2D eigenvalue weighted by Crippen LogP contribution is -2.50. The summed E-state index contributed by atoms with van der Waals surface area (Å²) in [5.41, 5.74) is 4.77. The number of benzene rings is 3. The van der Waals surface area contributed by atoms with Gasteiger partial charge in [0.25, 0.3) is 5.89 Å². The Hall–Kier alpha value is -3.84. The van der Waals surface area contributed by atoms with Crippen LogP contribution in [0.3, 0.4) is 0 Å². The fourth-order valence-corrected chi connectivity index (χ4v) is 4.10. The van der Waals surface area contributed by atoms with E-state index in [1.54, 1.807) is 12.1 Å². The SMILES string of the molecule is Cc1ccc(-c2nc(-c3ccc(N4CCN(C(=O)Nc5cccc(Cl)c5)CC4)cc3)no2)cc1. The minimum atomic E-state index is -0.112. The minimum Gasteiger partial charge on any atom is -0.368 e. The summed E-state index contributed by atoms with van der Waals surface area (Å²) >= 11 is 6.00. The Morgan fingerprint density at radius 3 is 2.35 bits per heavy atom. The topological polar surface area (TPSA) is 74.5 Å². The Kier molecular flexibility index (Phi) is 6.18. The summed E-state index contributed by atoms with van der Waals surface area (Å²) in [6.07, 6.45) is 0. The van der Waals surface area contributed by atoms with Crippen molar-refractivity contribution in [1.82, 2.24) is 15.0 Å². The van der Waals surface area contributed by atoms with Gasteiger partial charge in [0.15, 0.2) is 0 Å². The van der Waals surface area contributed by atoms with Gasteiger partial charge in [-0.3, -0.25) is 0 Å². The van der Waals surface area contributed by atoms with Crippen molar-refractivity contribution in [3.8, 4) is 22.8 Å². The van der Waals surface area contributed by atoms with Crippen LogP contribution in [-0.2, 0) is 0 Å². The summed E-state index contributed by atoms with van der Waals surface area (Å²) < 4.78 is 5.45. The molecule has 7 nitrogen and oxygen atoms in total. The first kappa shape index (κ1) is 22.0. The molecule has 1 N–H and O–H groups in total. The van der Waals surface area contributed by atoms with Crippen molar-refractivity contribution in [3.63, 3.8) is 0 Å². The number of nitrogens with zero attached hydrogens (tertiary/aromatic N) is 4. The Bertz CT molecular complexity index is 1280. The van der Waals surface area contributed by atoms with E-state index < -0.39 is 0 Å². The van der Waals surface area contributed by atoms with E-state index in [9.17, 15) is 4.79 Å². The lowest BCUT2D eigenvalue weighted by molar-refractivity contribution is 0.208. The molecule has 1 aromatic heterocycles. The highest BCUT2D eigenvalue weighted by atomic mass is 35.5. The molecule has 0 bridgehead atoms. The Morgan fingerprint density at radius 1 is 0.941 bits per heavy atom. The van der Waals surface area contributed by atoms with Crippen molar-refractivity contribution >= 4 is 29.0 Å². The van der Waals surface area contributed by atoms with Crippen LogP contribution in [0, 0.1) is 6.92 Å². The minimum absolute atomic E-state index is 0.112. The van der Waals surface area contributed by atoms with E-state index in [0.717, 1.165) is 29.9 Å². The number of amides is 2. The van der Waals surface area contributed by atoms with Gasteiger partial charge < -0.3 is 19.6 Å². The first-order valence-electron chi connectivity index (χ1n) is 11.1. The van der Waals surface area contributed by atoms with E-state index in [1.165, 1.54) is 5.56 Å². The van der Waals surface area contributed by atoms with Gasteiger partial charge in [0.1, 0.15) is 0 Å². The molecule has 1 aliphatic heterocycles. The van der Waals surface area contributed by atoms with Gasteiger partial charge >= 0.3 is 6.03 Å². The Balaban J connectivity index is 1.19. The maximum absolute atomic E-state index is 12.6. The maximum atomic E-state index is 12.6. The number of hydrogen-bond donors (Lipinski definition) is 1. The predicted molar refractivity (Wildman–Crippen MR) is 134 cm³/mol. The quantitative estimate of drug-likeness (QED) is 0.410. The average Bonchev–Trinajstić information content (AvgIpc) is 3.35. The molecule has 1 aliphatic rings. The number of aryl methyl sites for hydroxylation is 1. The van der Waals surface area contributed by atoms with Crippen LogP contribution in [0.4, 0.5) is 16.2 Å². The summed E-state index contributed by atoms with van der Waals surface area (Å²) in [6.45, 7) is 4.82. The van der Waals surface area contributed by atoms with Crippen LogP contribution in [0.2, 0.25) is 5.02 Å². The van der Waals surface area contributed by atoms with E-state index in [0.29, 0.717) is 35.5 Å². The van der Waals surface area contributed by atoms with Crippen LogP contribution in [0.5, 0.6) is 0 Å². The van der Waals surface area contributed by atoms with E-state index >= 15 is 0 Å². The number of nitrogens with one attached hydrogen (secondary N) is 1. The molecule has 4 aromatic rings. The third-order valence-electron chi connectivity index (χ3n) is 5.86. The van der Waals surface area contributed by atoms with E-state index in [4.69, 9.17) is 16.1 Å². The van der Waals surface area contributed by atoms with Crippen LogP contribution in [0.25, 0.3) is 22.8 Å². The molecular formula is C26H24ClN5O2. The first-order chi connectivity index (χ1) is 16.5. The zero-order chi connectivity index (χ0) is 23.5. The van der Waals surface area contributed by atoms with Crippen LogP contribution < -0.4 is 10.2 Å². The monoisotopic (exact) mass is 473 g/mol. The molecule has 0 spiro atoms. The normalized spacial score (nSPS) is 13.7. The molecule has 1 saturated heterocycles. The van der Waals surface area contributed by atoms with Gasteiger partial charge in [-0.25, -0.2) is 4.79 Å². The molecule has 3 aromatic carbocycles. The van der Waals surface area contributed by atoms with Crippen LogP contribution in [0.1, 0.15) is 5.56 Å². The Labute approximate surface area is 203 Å². The van der Waals surface area contributed by atoms with Gasteiger partial charge in [-0.1, -0.05) is 40.5 Å². The van der Waals surface area contributed by atoms with Gasteiger partial charge in [-0.05, 0) is 61.5 Å². The molecule has 0 aliphatic carbocycles. The molecule has 0 radical (unpaired) electrons. The van der Waals surface area contributed by atoms with E-state index in [2.05, 4.69) is 32.5 Å². The second-order valence-corrected chi connectivity index (χ2v) is 8.69. The van der Waals surface area contributed by atoms with Crippen LogP contribution in [-0.4, -0.2) is 47.3 Å². The summed E-state index contributed by atoms with van der Waals surface area (Å²) in [7, 11) is 0. The van der Waals surface area contributed by atoms with Gasteiger partial charge in [-0.2, -0.15) is 4.98 Å². The second-order valence-electron chi connectivity index (χ2n) is 8.25. The molecule has 34 heavy (non-hydrogen) atoms. The van der Waals surface area contributed by atoms with Crippen molar-refractivity contribution < 1.29 is 9.32 Å². The van der Waals surface area contributed by atoms with E-state index in [1.807, 2.05) is 60.4 Å². The van der Waals surface area contributed by atoms with Gasteiger partial charge in [-0.15, -0.1) is 0 Å². The lowest BCUT2D eigenvalue weighted by atomic mass is 10.1. The summed E-state index contributed by atoms with van der Waals surface area (Å²) in [5.74, 6) is 1.07. The molecule has 8 heteroatoms. The van der Waals surface area contributed by atoms with Crippen LogP contribution in [0.15, 0.2) is 77.3 Å². The molecule has 2 amide bonds. The van der Waals surface area contributed by atoms with Crippen molar-refractivity contribution in [3.05, 3.63) is 83.4 Å². The average molecular weight is 474 g/mol. The molecule has 5 rings (SSSR count). The zero-order valence-electron chi connectivity index (χ0n) is 18.7. The molecule has 0 atom stereocenters. The van der Waals surface area contributed by atoms with Crippen molar-refractivity contribution in [2.24, 2.45) is 0 Å². The number of rotatable bonds is 4. The number of anilines is 2. The molecule has 172 valence electrons. The predicted octanol–water partition coefficient (Wildman–Crippen LogP) is 5.72. The molecular weight excluding hydrogens is 450 g/mol. The standard InChI is InChI=1S/C26H24ClN5O2/c1-18-5-7-20(8-6-18)25-29-24(30-34-25)19-9-11-23(12-10-19)31-13-15-32(16-14-31)26(33)28-22-4-2-3-21(27)17-22/h2-12,17H,13-16H2,1H3,(H,28,33). The number of halogens is 1. The third-order valence-corrected chi connectivity index (χ3v) is 6.09. The smallest absolute Gasteiger partial charge is 0.321 e. The first-order valence-corrected chi connectivity index (χ1v) is 11.5. The molecule has 0 saturated carbocycles. The third kappa shape index (κ3) is 4.89. The highest BCUT2D eigenvalue weighted by Gasteiger charge is 2.21. The van der Waals surface area contributed by atoms with Gasteiger partial charge in [0, 0.05) is 53.7 Å². The summed E-state index contributed by atoms with van der Waals surface area (Å²) in [6, 6.07) is 23.2. The number of piperazine rings is 1. The molecule has 1 fully saturated rings. The lowest BCUT2D eigenvalue weighted by Gasteiger charge is -2.36. The highest BCUT2D eigenvalue weighted by Crippen LogP contribution is 2.25. The fourth-order valence-electron chi connectivity index (χ4n) is 3.91. The Morgan fingerprint density at radius 2 is 1.65 bits per heavy atom. The number of aromatic nitrogens is 2. The largest absolute Gasteiger partial charge is 0.368 e. The maximum Gasteiger partial charge on any atom is 0.321 e. The second kappa shape index (κ2) is 9.57. The number of urea groups is 1. The van der Waals surface area contributed by atoms with Crippen molar-refractivity contribution in [2.75, 3.05) is 36.4 Å². The van der Waals surface area contributed by atoms with Gasteiger partial charge in [0.2, 0.25) is 5.82 Å². The van der Waals surface area contributed by atoms with Crippen molar-refractivity contribution in [1.29, 1.82) is 0 Å². The summed E-state index contributed by atoms with van der Waals surface area (Å²) in [4.78, 5) is 21.2. The number of hydrogen-bond acceptors (Lipinski definition) is 5. The number of carbonyl (C=O) groups excluding carboxylic acids is 1. The van der Waals surface area contributed by atoms with Crippen molar-refractivity contribution in [2.45, 2.75) is 6.92 Å². The van der Waals surface area contributed by atoms with Gasteiger partial charge in [0.05, 0.1) is 0 Å². The summed E-state index contributed by atoms with van der Waals surface area (Å²) in [5, 5.41) is 7.64. The number of carbonyl (C=O) groups is 1. The van der Waals surface area contributed by atoms with E-state index in [-0.39, 0.29) is 6.03 Å². The molecule has 0 unspecified atom stereocenters. The van der Waals surface area contributed by atoms with Crippen LogP contribution >= 0.6 is 11.6 Å².